The molecule has 0 aliphatic rings. The number of para-hydroxylation sites is 1. The summed E-state index contributed by atoms with van der Waals surface area (Å²) in [7, 11) is 0. The number of carbonyl (C=O) groups excluding carboxylic acids is 1. The molecular formula is C15H16BrN3O. The Labute approximate surface area is 126 Å². The second-order valence-corrected chi connectivity index (χ2v) is 5.19. The Morgan fingerprint density at radius 1 is 1.30 bits per heavy atom. The van der Waals surface area contributed by atoms with E-state index in [1.165, 1.54) is 0 Å². The van der Waals surface area contributed by atoms with E-state index < -0.39 is 0 Å². The van der Waals surface area contributed by atoms with Gasteiger partial charge in [-0.3, -0.25) is 9.78 Å². The normalized spacial score (nSPS) is 10.2. The van der Waals surface area contributed by atoms with Crippen LogP contribution in [0.5, 0.6) is 0 Å². The molecule has 0 atom stereocenters. The topological polar surface area (TPSA) is 54.0 Å². The van der Waals surface area contributed by atoms with E-state index in [2.05, 4.69) is 31.5 Å². The zero-order chi connectivity index (χ0) is 14.5. The van der Waals surface area contributed by atoms with Crippen molar-refractivity contribution < 1.29 is 4.79 Å². The summed E-state index contributed by atoms with van der Waals surface area (Å²) in [5.41, 5.74) is 2.94. The lowest BCUT2D eigenvalue weighted by atomic mass is 10.2. The van der Waals surface area contributed by atoms with Crippen LogP contribution in [0.1, 0.15) is 23.0 Å². The Bertz CT molecular complexity index is 628. The van der Waals surface area contributed by atoms with Crippen LogP contribution in [0.4, 0.5) is 11.4 Å². The number of amides is 1. The van der Waals surface area contributed by atoms with Gasteiger partial charge in [-0.05, 0) is 48.0 Å². The number of nitrogens with zero attached hydrogens (tertiary/aromatic N) is 1. The maximum Gasteiger partial charge on any atom is 0.259 e. The molecule has 20 heavy (non-hydrogen) atoms. The quantitative estimate of drug-likeness (QED) is 0.893. The summed E-state index contributed by atoms with van der Waals surface area (Å²) in [6, 6.07) is 9.37. The van der Waals surface area contributed by atoms with Crippen LogP contribution in [0.15, 0.2) is 41.0 Å². The lowest BCUT2D eigenvalue weighted by Crippen LogP contribution is -2.15. The highest BCUT2D eigenvalue weighted by atomic mass is 79.9. The smallest absolute Gasteiger partial charge is 0.259 e. The van der Waals surface area contributed by atoms with Gasteiger partial charge in [0.2, 0.25) is 0 Å². The number of hydrogen-bond donors (Lipinski definition) is 2. The fraction of sp³-hybridized carbons (Fsp3) is 0.200. The number of carbonyl (C=O) groups is 1. The zero-order valence-electron chi connectivity index (χ0n) is 11.4. The molecule has 0 spiro atoms. The van der Waals surface area contributed by atoms with Gasteiger partial charge >= 0.3 is 0 Å². The van der Waals surface area contributed by atoms with Crippen LogP contribution >= 0.6 is 15.9 Å². The minimum atomic E-state index is -0.180. The number of rotatable bonds is 4. The Balaban J connectivity index is 2.27. The van der Waals surface area contributed by atoms with Crippen LogP contribution in [-0.2, 0) is 0 Å². The molecule has 5 heteroatoms. The summed E-state index contributed by atoms with van der Waals surface area (Å²) in [6.45, 7) is 4.64. The molecule has 0 aliphatic carbocycles. The Morgan fingerprint density at radius 3 is 2.75 bits per heavy atom. The first-order valence-electron chi connectivity index (χ1n) is 6.38. The van der Waals surface area contributed by atoms with Gasteiger partial charge in [-0.2, -0.15) is 0 Å². The minimum Gasteiger partial charge on any atom is -0.385 e. The highest BCUT2D eigenvalue weighted by molar-refractivity contribution is 9.10. The zero-order valence-corrected chi connectivity index (χ0v) is 13.0. The van der Waals surface area contributed by atoms with Gasteiger partial charge < -0.3 is 10.6 Å². The van der Waals surface area contributed by atoms with Crippen LogP contribution in [0, 0.1) is 6.92 Å². The summed E-state index contributed by atoms with van der Waals surface area (Å²) < 4.78 is 0.846. The first-order valence-corrected chi connectivity index (χ1v) is 7.17. The molecule has 0 saturated heterocycles. The van der Waals surface area contributed by atoms with Crippen molar-refractivity contribution in [3.8, 4) is 0 Å². The van der Waals surface area contributed by atoms with Gasteiger partial charge in [0.05, 0.1) is 16.9 Å². The molecule has 2 N–H and O–H groups in total. The molecule has 0 saturated carbocycles. The second kappa shape index (κ2) is 6.52. The number of aryl methyl sites for hydroxylation is 1. The van der Waals surface area contributed by atoms with Crippen LogP contribution in [0.3, 0.4) is 0 Å². The summed E-state index contributed by atoms with van der Waals surface area (Å²) >= 11 is 3.41. The molecule has 0 bridgehead atoms. The highest BCUT2D eigenvalue weighted by Crippen LogP contribution is 2.23. The van der Waals surface area contributed by atoms with Crippen molar-refractivity contribution in [3.63, 3.8) is 0 Å². The molecule has 1 amide bonds. The van der Waals surface area contributed by atoms with E-state index in [1.807, 2.05) is 44.2 Å². The SMILES string of the molecule is CCNc1cc(C)ncc1C(=O)Nc1ccccc1Br. The minimum absolute atomic E-state index is 0.180. The Morgan fingerprint density at radius 2 is 2.05 bits per heavy atom. The number of halogens is 1. The van der Waals surface area contributed by atoms with E-state index in [4.69, 9.17) is 0 Å². The van der Waals surface area contributed by atoms with E-state index in [9.17, 15) is 4.79 Å². The predicted octanol–water partition coefficient (Wildman–Crippen LogP) is 3.84. The van der Waals surface area contributed by atoms with Crippen molar-refractivity contribution in [3.05, 3.63) is 52.3 Å². The largest absolute Gasteiger partial charge is 0.385 e. The fourth-order valence-electron chi connectivity index (χ4n) is 1.83. The van der Waals surface area contributed by atoms with Crippen molar-refractivity contribution in [2.24, 2.45) is 0 Å². The van der Waals surface area contributed by atoms with Crippen molar-refractivity contribution in [1.29, 1.82) is 0 Å². The molecule has 1 aromatic heterocycles. The third-order valence-electron chi connectivity index (χ3n) is 2.77. The van der Waals surface area contributed by atoms with Gasteiger partial charge in [0.1, 0.15) is 0 Å². The van der Waals surface area contributed by atoms with Gasteiger partial charge in [-0.15, -0.1) is 0 Å². The molecule has 104 valence electrons. The lowest BCUT2D eigenvalue weighted by molar-refractivity contribution is 0.102. The molecule has 0 aliphatic heterocycles. The van der Waals surface area contributed by atoms with Crippen molar-refractivity contribution in [2.45, 2.75) is 13.8 Å². The number of nitrogens with one attached hydrogen (secondary N) is 2. The first kappa shape index (κ1) is 14.5. The maximum absolute atomic E-state index is 12.4. The molecule has 2 aromatic rings. The third-order valence-corrected chi connectivity index (χ3v) is 3.47. The average Bonchev–Trinajstić information content (AvgIpc) is 2.42. The molecule has 0 fully saturated rings. The summed E-state index contributed by atoms with van der Waals surface area (Å²) in [6.07, 6.45) is 1.60. The molecule has 1 aromatic carbocycles. The molecule has 2 rings (SSSR count). The summed E-state index contributed by atoms with van der Waals surface area (Å²) in [5.74, 6) is -0.180. The number of hydrogen-bond acceptors (Lipinski definition) is 3. The van der Waals surface area contributed by atoms with Crippen molar-refractivity contribution >= 4 is 33.2 Å². The lowest BCUT2D eigenvalue weighted by Gasteiger charge is -2.12. The van der Waals surface area contributed by atoms with Gasteiger partial charge in [-0.1, -0.05) is 12.1 Å². The van der Waals surface area contributed by atoms with Gasteiger partial charge in [0, 0.05) is 22.9 Å². The van der Waals surface area contributed by atoms with E-state index in [1.54, 1.807) is 6.20 Å². The predicted molar refractivity (Wildman–Crippen MR) is 85.2 cm³/mol. The maximum atomic E-state index is 12.4. The van der Waals surface area contributed by atoms with E-state index >= 15 is 0 Å². The van der Waals surface area contributed by atoms with E-state index in [0.717, 1.165) is 28.1 Å². The molecule has 0 radical (unpaired) electrons. The Hall–Kier alpha value is -1.88. The van der Waals surface area contributed by atoms with E-state index in [-0.39, 0.29) is 5.91 Å². The fourth-order valence-corrected chi connectivity index (χ4v) is 2.21. The van der Waals surface area contributed by atoms with Gasteiger partial charge in [-0.25, -0.2) is 0 Å². The highest BCUT2D eigenvalue weighted by Gasteiger charge is 2.13. The van der Waals surface area contributed by atoms with Crippen LogP contribution in [-0.4, -0.2) is 17.4 Å². The Kier molecular flexibility index (Phi) is 4.74. The molecular weight excluding hydrogens is 318 g/mol. The second-order valence-electron chi connectivity index (χ2n) is 4.34. The van der Waals surface area contributed by atoms with Crippen LogP contribution in [0.2, 0.25) is 0 Å². The van der Waals surface area contributed by atoms with Crippen molar-refractivity contribution in [1.82, 2.24) is 4.98 Å². The van der Waals surface area contributed by atoms with Crippen LogP contribution < -0.4 is 10.6 Å². The summed E-state index contributed by atoms with van der Waals surface area (Å²) in [5, 5.41) is 6.06. The first-order chi connectivity index (χ1) is 9.61. The standard InChI is InChI=1S/C15H16BrN3O/c1-3-17-14-8-10(2)18-9-11(14)15(20)19-13-7-5-4-6-12(13)16/h4-9H,3H2,1-2H3,(H,17,18)(H,19,20). The third kappa shape index (κ3) is 3.36. The van der Waals surface area contributed by atoms with Gasteiger partial charge in [0.25, 0.3) is 5.91 Å². The monoisotopic (exact) mass is 333 g/mol. The molecule has 0 unspecified atom stereocenters. The van der Waals surface area contributed by atoms with Crippen LogP contribution in [0.25, 0.3) is 0 Å². The summed E-state index contributed by atoms with van der Waals surface area (Å²) in [4.78, 5) is 16.6. The molecule has 1 heterocycles. The van der Waals surface area contributed by atoms with E-state index in [0.29, 0.717) is 5.56 Å². The van der Waals surface area contributed by atoms with Crippen molar-refractivity contribution in [2.75, 3.05) is 17.2 Å². The number of aromatic nitrogens is 1. The average molecular weight is 334 g/mol. The van der Waals surface area contributed by atoms with Gasteiger partial charge in [0.15, 0.2) is 0 Å². The number of benzene rings is 1. The molecule has 4 nitrogen and oxygen atoms in total. The number of anilines is 2. The number of pyridine rings is 1.